The monoisotopic (exact) mass is 268 g/mol. The van der Waals surface area contributed by atoms with E-state index in [1.54, 1.807) is 0 Å². The largest absolute Gasteiger partial charge is 0.357 e. The number of rotatable bonds is 4. The molecular formula is C13H20N2S2. The van der Waals surface area contributed by atoms with Crippen LogP contribution in [0, 0.1) is 5.92 Å². The van der Waals surface area contributed by atoms with E-state index in [1.807, 2.05) is 23.1 Å². The molecule has 0 saturated carbocycles. The van der Waals surface area contributed by atoms with Crippen LogP contribution < -0.4 is 5.32 Å². The Labute approximate surface area is 112 Å². The first kappa shape index (κ1) is 13.0. The second-order valence-electron chi connectivity index (χ2n) is 4.69. The van der Waals surface area contributed by atoms with Gasteiger partial charge in [-0.2, -0.15) is 0 Å². The highest BCUT2D eigenvalue weighted by atomic mass is 32.2. The van der Waals surface area contributed by atoms with Crippen molar-refractivity contribution in [2.75, 3.05) is 5.75 Å². The van der Waals surface area contributed by atoms with Crippen LogP contribution >= 0.6 is 23.1 Å². The standard InChI is InChI=1S/C13H20N2S2/c1-4-10-8-17-13(14-10)15-12(9(2)3)11-6-5-7-16-11/h5-7,9-10,12H,4,8H2,1-3H3,(H,14,15). The van der Waals surface area contributed by atoms with Gasteiger partial charge in [-0.1, -0.05) is 38.6 Å². The summed E-state index contributed by atoms with van der Waals surface area (Å²) in [5.74, 6) is 1.71. The second kappa shape index (κ2) is 5.91. The highest BCUT2D eigenvalue weighted by Gasteiger charge is 2.22. The number of aliphatic imine (C=N–C) groups is 1. The van der Waals surface area contributed by atoms with E-state index in [2.05, 4.69) is 43.6 Å². The van der Waals surface area contributed by atoms with Crippen molar-refractivity contribution >= 4 is 28.3 Å². The Morgan fingerprint density at radius 3 is 2.88 bits per heavy atom. The van der Waals surface area contributed by atoms with Crippen LogP contribution in [0.15, 0.2) is 22.5 Å². The van der Waals surface area contributed by atoms with E-state index >= 15 is 0 Å². The van der Waals surface area contributed by atoms with Crippen molar-refractivity contribution in [2.24, 2.45) is 10.9 Å². The molecular weight excluding hydrogens is 248 g/mol. The first-order valence-electron chi connectivity index (χ1n) is 6.21. The molecule has 0 aliphatic carbocycles. The second-order valence-corrected chi connectivity index (χ2v) is 6.68. The fourth-order valence-electron chi connectivity index (χ4n) is 1.87. The third-order valence-electron chi connectivity index (χ3n) is 2.98. The molecule has 0 amide bonds. The first-order chi connectivity index (χ1) is 8.20. The lowest BCUT2D eigenvalue weighted by Gasteiger charge is -2.21. The van der Waals surface area contributed by atoms with Crippen LogP contribution in [0.1, 0.15) is 38.1 Å². The van der Waals surface area contributed by atoms with Gasteiger partial charge in [-0.3, -0.25) is 4.99 Å². The van der Waals surface area contributed by atoms with Crippen LogP contribution in [0.2, 0.25) is 0 Å². The predicted molar refractivity (Wildman–Crippen MR) is 79.0 cm³/mol. The summed E-state index contributed by atoms with van der Waals surface area (Å²) in [5.41, 5.74) is 0. The van der Waals surface area contributed by atoms with Crippen LogP contribution in [0.25, 0.3) is 0 Å². The van der Waals surface area contributed by atoms with Gasteiger partial charge in [0.1, 0.15) is 0 Å². The molecule has 2 rings (SSSR count). The molecule has 1 aliphatic heterocycles. The van der Waals surface area contributed by atoms with Crippen molar-refractivity contribution in [2.45, 2.75) is 39.3 Å². The van der Waals surface area contributed by atoms with E-state index in [4.69, 9.17) is 4.99 Å². The molecule has 1 aliphatic rings. The molecule has 0 radical (unpaired) electrons. The summed E-state index contributed by atoms with van der Waals surface area (Å²) in [6, 6.07) is 5.24. The topological polar surface area (TPSA) is 24.4 Å². The molecule has 2 nitrogen and oxygen atoms in total. The molecule has 0 spiro atoms. The van der Waals surface area contributed by atoms with Gasteiger partial charge in [-0.15, -0.1) is 11.3 Å². The van der Waals surface area contributed by atoms with Gasteiger partial charge >= 0.3 is 0 Å². The molecule has 1 aromatic heterocycles. The third kappa shape index (κ3) is 3.26. The minimum absolute atomic E-state index is 0.400. The number of thioether (sulfide) groups is 1. The van der Waals surface area contributed by atoms with E-state index in [1.165, 1.54) is 4.88 Å². The molecule has 2 heterocycles. The highest BCUT2D eigenvalue weighted by Crippen LogP contribution is 2.28. The lowest BCUT2D eigenvalue weighted by atomic mass is 10.0. The summed E-state index contributed by atoms with van der Waals surface area (Å²) in [6.45, 7) is 6.72. The average molecular weight is 268 g/mol. The lowest BCUT2D eigenvalue weighted by Crippen LogP contribution is -2.28. The van der Waals surface area contributed by atoms with Crippen molar-refractivity contribution in [3.8, 4) is 0 Å². The van der Waals surface area contributed by atoms with E-state index in [-0.39, 0.29) is 0 Å². The Balaban J connectivity index is 2.04. The zero-order valence-corrected chi connectivity index (χ0v) is 12.3. The van der Waals surface area contributed by atoms with E-state index in [9.17, 15) is 0 Å². The SMILES string of the molecule is CCC1CSC(NC(c2cccs2)C(C)C)=N1. The highest BCUT2D eigenvalue weighted by molar-refractivity contribution is 8.14. The number of amidine groups is 1. The fraction of sp³-hybridized carbons (Fsp3) is 0.615. The van der Waals surface area contributed by atoms with Crippen molar-refractivity contribution in [3.05, 3.63) is 22.4 Å². The maximum atomic E-state index is 4.71. The quantitative estimate of drug-likeness (QED) is 0.895. The van der Waals surface area contributed by atoms with E-state index in [0.29, 0.717) is 18.0 Å². The van der Waals surface area contributed by atoms with Crippen molar-refractivity contribution in [1.29, 1.82) is 0 Å². The third-order valence-corrected chi connectivity index (χ3v) is 4.98. The van der Waals surface area contributed by atoms with Crippen molar-refractivity contribution in [3.63, 3.8) is 0 Å². The summed E-state index contributed by atoms with van der Waals surface area (Å²) >= 11 is 3.68. The minimum Gasteiger partial charge on any atom is -0.357 e. The van der Waals surface area contributed by atoms with Gasteiger partial charge in [-0.05, 0) is 23.8 Å². The summed E-state index contributed by atoms with van der Waals surface area (Å²) in [4.78, 5) is 6.12. The number of nitrogens with zero attached hydrogens (tertiary/aromatic N) is 1. The van der Waals surface area contributed by atoms with E-state index in [0.717, 1.165) is 17.3 Å². The van der Waals surface area contributed by atoms with Gasteiger partial charge in [0.15, 0.2) is 5.17 Å². The Bertz CT molecular complexity index is 371. The summed E-state index contributed by atoms with van der Waals surface area (Å²) < 4.78 is 0. The summed E-state index contributed by atoms with van der Waals surface area (Å²) in [6.07, 6.45) is 1.14. The van der Waals surface area contributed by atoms with Crippen LogP contribution in [0.5, 0.6) is 0 Å². The molecule has 2 atom stereocenters. The van der Waals surface area contributed by atoms with Crippen LogP contribution in [-0.2, 0) is 0 Å². The molecule has 0 fully saturated rings. The first-order valence-corrected chi connectivity index (χ1v) is 8.07. The Kier molecular flexibility index (Phi) is 4.51. The Morgan fingerprint density at radius 2 is 2.35 bits per heavy atom. The van der Waals surface area contributed by atoms with Gasteiger partial charge in [0.05, 0.1) is 12.1 Å². The number of hydrogen-bond acceptors (Lipinski definition) is 4. The minimum atomic E-state index is 0.400. The predicted octanol–water partition coefficient (Wildman–Crippen LogP) is 3.92. The normalized spacial score (nSPS) is 21.6. The van der Waals surface area contributed by atoms with E-state index < -0.39 is 0 Å². The molecule has 17 heavy (non-hydrogen) atoms. The van der Waals surface area contributed by atoms with Gasteiger partial charge in [0.2, 0.25) is 0 Å². The molecule has 0 bridgehead atoms. The Hall–Kier alpha value is -0.480. The maximum absolute atomic E-state index is 4.71. The molecule has 0 saturated heterocycles. The molecule has 1 N–H and O–H groups in total. The van der Waals surface area contributed by atoms with Crippen LogP contribution in [0.4, 0.5) is 0 Å². The summed E-state index contributed by atoms with van der Waals surface area (Å²) in [7, 11) is 0. The zero-order valence-electron chi connectivity index (χ0n) is 10.6. The van der Waals surface area contributed by atoms with Gasteiger partial charge in [-0.25, -0.2) is 0 Å². The van der Waals surface area contributed by atoms with Gasteiger partial charge in [0.25, 0.3) is 0 Å². The number of nitrogens with one attached hydrogen (secondary N) is 1. The molecule has 94 valence electrons. The smallest absolute Gasteiger partial charge is 0.157 e. The zero-order chi connectivity index (χ0) is 12.3. The average Bonchev–Trinajstić information content (AvgIpc) is 2.96. The Morgan fingerprint density at radius 1 is 1.53 bits per heavy atom. The maximum Gasteiger partial charge on any atom is 0.157 e. The van der Waals surface area contributed by atoms with Crippen LogP contribution in [0.3, 0.4) is 0 Å². The van der Waals surface area contributed by atoms with Gasteiger partial charge < -0.3 is 5.32 Å². The summed E-state index contributed by atoms with van der Waals surface area (Å²) in [5, 5.41) is 6.88. The molecule has 2 unspecified atom stereocenters. The van der Waals surface area contributed by atoms with Crippen molar-refractivity contribution < 1.29 is 0 Å². The van der Waals surface area contributed by atoms with Crippen molar-refractivity contribution in [1.82, 2.24) is 5.32 Å². The molecule has 1 aromatic rings. The van der Waals surface area contributed by atoms with Crippen LogP contribution in [-0.4, -0.2) is 17.0 Å². The number of thiophene rings is 1. The fourth-order valence-corrected chi connectivity index (χ4v) is 3.91. The number of hydrogen-bond donors (Lipinski definition) is 1. The molecule has 0 aromatic carbocycles. The molecule has 4 heteroatoms. The van der Waals surface area contributed by atoms with Gasteiger partial charge in [0, 0.05) is 10.6 Å². The lowest BCUT2D eigenvalue weighted by molar-refractivity contribution is 0.480.